The first-order chi connectivity index (χ1) is 7.79. The van der Waals surface area contributed by atoms with Gasteiger partial charge in [-0.15, -0.1) is 0 Å². The van der Waals surface area contributed by atoms with E-state index >= 15 is 0 Å². The topological polar surface area (TPSA) is 38.5 Å². The summed E-state index contributed by atoms with van der Waals surface area (Å²) in [6.07, 6.45) is 1.46. The van der Waals surface area contributed by atoms with Crippen LogP contribution in [0.25, 0.3) is 0 Å². The van der Waals surface area contributed by atoms with E-state index in [2.05, 4.69) is 45.1 Å². The molecule has 2 saturated heterocycles. The molecule has 4 heteroatoms. The lowest BCUT2D eigenvalue weighted by Crippen LogP contribution is -2.49. The monoisotopic (exact) mass is 282 g/mol. The third-order valence-corrected chi connectivity index (χ3v) is 4.08. The molecular formula is C12H15BrN2O. The Morgan fingerprint density at radius 1 is 1.38 bits per heavy atom. The third kappa shape index (κ3) is 1.56. The summed E-state index contributed by atoms with van der Waals surface area (Å²) in [6.45, 7) is 1.51. The normalized spacial score (nSPS) is 32.4. The van der Waals surface area contributed by atoms with Gasteiger partial charge in [-0.2, -0.15) is 0 Å². The Hall–Kier alpha value is -0.580. The van der Waals surface area contributed by atoms with Gasteiger partial charge in [-0.25, -0.2) is 0 Å². The number of morpholine rings is 1. The maximum Gasteiger partial charge on any atom is 0.0812 e. The Balaban J connectivity index is 1.91. The Morgan fingerprint density at radius 2 is 2.12 bits per heavy atom. The number of nitrogens with two attached hydrogens (primary N) is 1. The van der Waals surface area contributed by atoms with Crippen molar-refractivity contribution >= 4 is 21.6 Å². The van der Waals surface area contributed by atoms with Gasteiger partial charge in [0.05, 0.1) is 24.8 Å². The van der Waals surface area contributed by atoms with Crippen molar-refractivity contribution in [3.05, 3.63) is 28.7 Å². The average Bonchev–Trinajstić information content (AvgIpc) is 2.89. The molecule has 0 spiro atoms. The van der Waals surface area contributed by atoms with Crippen LogP contribution in [0.4, 0.5) is 5.69 Å². The smallest absolute Gasteiger partial charge is 0.0812 e. The third-order valence-electron chi connectivity index (χ3n) is 3.55. The molecule has 3 rings (SSSR count). The van der Waals surface area contributed by atoms with Crippen LogP contribution in [0.1, 0.15) is 6.42 Å². The van der Waals surface area contributed by atoms with Crippen molar-refractivity contribution in [2.45, 2.75) is 24.6 Å². The van der Waals surface area contributed by atoms with Crippen LogP contribution in [0.5, 0.6) is 0 Å². The van der Waals surface area contributed by atoms with E-state index in [1.54, 1.807) is 0 Å². The van der Waals surface area contributed by atoms with Gasteiger partial charge in [0.1, 0.15) is 0 Å². The predicted molar refractivity (Wildman–Crippen MR) is 67.6 cm³/mol. The average molecular weight is 283 g/mol. The minimum Gasteiger partial charge on any atom is -0.374 e. The summed E-state index contributed by atoms with van der Waals surface area (Å²) in [6, 6.07) is 9.31. The van der Waals surface area contributed by atoms with Crippen LogP contribution in [0, 0.1) is 0 Å². The highest BCUT2D eigenvalue weighted by molar-refractivity contribution is 9.10. The van der Waals surface area contributed by atoms with Crippen molar-refractivity contribution < 1.29 is 4.74 Å². The number of hydrogen-bond acceptors (Lipinski definition) is 3. The second-order valence-corrected chi connectivity index (χ2v) is 5.36. The van der Waals surface area contributed by atoms with Crippen molar-refractivity contribution in [3.8, 4) is 0 Å². The maximum absolute atomic E-state index is 5.85. The standard InChI is InChI=1S/C12H15BrN2O/c13-8-1-3-9(4-2-8)15-10-5-12(16-7-10)11(15)6-14/h1-4,10-12H,5-7,14H2. The van der Waals surface area contributed by atoms with Gasteiger partial charge in [0.2, 0.25) is 0 Å². The summed E-state index contributed by atoms with van der Waals surface area (Å²) in [4.78, 5) is 2.43. The van der Waals surface area contributed by atoms with E-state index in [9.17, 15) is 0 Å². The molecule has 0 aliphatic carbocycles. The fourth-order valence-corrected chi connectivity index (χ4v) is 3.10. The SMILES string of the molecule is NCC1C2CC(CO2)N1c1ccc(Br)cc1. The zero-order valence-corrected chi connectivity index (χ0v) is 10.6. The molecule has 3 atom stereocenters. The van der Waals surface area contributed by atoms with Crippen LogP contribution in [0.15, 0.2) is 28.7 Å². The Kier molecular flexibility index (Phi) is 2.65. The minimum absolute atomic E-state index is 0.332. The fourth-order valence-electron chi connectivity index (χ4n) is 2.83. The molecule has 1 aromatic rings. The summed E-state index contributed by atoms with van der Waals surface area (Å²) in [5, 5.41) is 0. The molecule has 2 heterocycles. The highest BCUT2D eigenvalue weighted by atomic mass is 79.9. The van der Waals surface area contributed by atoms with E-state index in [1.165, 1.54) is 5.69 Å². The van der Waals surface area contributed by atoms with Gasteiger partial charge in [0.15, 0.2) is 0 Å². The van der Waals surface area contributed by atoms with Gasteiger partial charge in [-0.1, -0.05) is 15.9 Å². The first-order valence-electron chi connectivity index (χ1n) is 5.65. The summed E-state index contributed by atoms with van der Waals surface area (Å²) in [7, 11) is 0. The first-order valence-corrected chi connectivity index (χ1v) is 6.44. The second-order valence-electron chi connectivity index (χ2n) is 4.45. The lowest BCUT2D eigenvalue weighted by atomic mass is 10.1. The number of halogens is 1. The number of ether oxygens (including phenoxy) is 1. The summed E-state index contributed by atoms with van der Waals surface area (Å²) < 4.78 is 6.81. The molecule has 1 aromatic carbocycles. The summed E-state index contributed by atoms with van der Waals surface area (Å²) >= 11 is 3.46. The van der Waals surface area contributed by atoms with Crippen LogP contribution in [-0.2, 0) is 4.74 Å². The molecule has 2 fully saturated rings. The van der Waals surface area contributed by atoms with Crippen molar-refractivity contribution in [3.63, 3.8) is 0 Å². The van der Waals surface area contributed by atoms with E-state index in [0.717, 1.165) is 17.5 Å². The number of anilines is 1. The summed E-state index contributed by atoms with van der Waals surface area (Å²) in [5.41, 5.74) is 7.11. The van der Waals surface area contributed by atoms with E-state index in [-0.39, 0.29) is 0 Å². The van der Waals surface area contributed by atoms with Gasteiger partial charge in [-0.05, 0) is 30.7 Å². The molecule has 3 nitrogen and oxygen atoms in total. The number of fused-ring (bicyclic) bond motifs is 2. The highest BCUT2D eigenvalue weighted by Gasteiger charge is 2.46. The van der Waals surface area contributed by atoms with Gasteiger partial charge in [-0.3, -0.25) is 0 Å². The van der Waals surface area contributed by atoms with Crippen molar-refractivity contribution in [1.29, 1.82) is 0 Å². The lowest BCUT2D eigenvalue weighted by molar-refractivity contribution is 0.0720. The molecule has 2 N–H and O–H groups in total. The largest absolute Gasteiger partial charge is 0.374 e. The molecule has 2 aliphatic heterocycles. The zero-order chi connectivity index (χ0) is 11.1. The Labute approximate surface area is 104 Å². The van der Waals surface area contributed by atoms with Crippen LogP contribution >= 0.6 is 15.9 Å². The first kappa shape index (κ1) is 10.6. The van der Waals surface area contributed by atoms with E-state index in [0.29, 0.717) is 24.7 Å². The van der Waals surface area contributed by atoms with Crippen LogP contribution in [0.2, 0.25) is 0 Å². The van der Waals surface area contributed by atoms with Gasteiger partial charge in [0, 0.05) is 16.7 Å². The minimum atomic E-state index is 0.332. The summed E-state index contributed by atoms with van der Waals surface area (Å²) in [5.74, 6) is 0. The lowest BCUT2D eigenvalue weighted by Gasteiger charge is -2.36. The molecule has 0 aromatic heterocycles. The van der Waals surface area contributed by atoms with Crippen molar-refractivity contribution in [2.24, 2.45) is 5.73 Å². The quantitative estimate of drug-likeness (QED) is 0.898. The van der Waals surface area contributed by atoms with E-state index in [4.69, 9.17) is 10.5 Å². The number of benzene rings is 1. The Bertz CT molecular complexity index is 381. The molecule has 0 saturated carbocycles. The number of nitrogens with zero attached hydrogens (tertiary/aromatic N) is 1. The molecule has 0 radical (unpaired) electrons. The molecule has 86 valence electrons. The highest BCUT2D eigenvalue weighted by Crippen LogP contribution is 2.37. The van der Waals surface area contributed by atoms with Crippen LogP contribution in [-0.4, -0.2) is 31.3 Å². The van der Waals surface area contributed by atoms with Crippen molar-refractivity contribution in [2.75, 3.05) is 18.1 Å². The predicted octanol–water partition coefficient (Wildman–Crippen LogP) is 1.75. The van der Waals surface area contributed by atoms with Crippen LogP contribution < -0.4 is 10.6 Å². The van der Waals surface area contributed by atoms with E-state index < -0.39 is 0 Å². The number of hydrogen-bond donors (Lipinski definition) is 1. The molecule has 2 aliphatic rings. The van der Waals surface area contributed by atoms with Crippen molar-refractivity contribution in [1.82, 2.24) is 0 Å². The zero-order valence-electron chi connectivity index (χ0n) is 8.97. The van der Waals surface area contributed by atoms with Gasteiger partial charge < -0.3 is 15.4 Å². The van der Waals surface area contributed by atoms with Gasteiger partial charge in [0.25, 0.3) is 0 Å². The maximum atomic E-state index is 5.85. The molecule has 16 heavy (non-hydrogen) atoms. The molecular weight excluding hydrogens is 268 g/mol. The van der Waals surface area contributed by atoms with Gasteiger partial charge >= 0.3 is 0 Å². The molecule has 3 unspecified atom stereocenters. The van der Waals surface area contributed by atoms with Crippen LogP contribution in [0.3, 0.4) is 0 Å². The Morgan fingerprint density at radius 3 is 2.81 bits per heavy atom. The number of rotatable bonds is 2. The fraction of sp³-hybridized carbons (Fsp3) is 0.500. The molecule has 2 bridgehead atoms. The molecule has 0 amide bonds. The second kappa shape index (κ2) is 4.02. The van der Waals surface area contributed by atoms with E-state index in [1.807, 2.05) is 0 Å².